The van der Waals surface area contributed by atoms with Crippen LogP contribution in [0.2, 0.25) is 0 Å². The van der Waals surface area contributed by atoms with Crippen LogP contribution in [0.1, 0.15) is 64.9 Å². The number of rotatable bonds is 3. The average molecular weight is 385 g/mol. The number of ether oxygens (including phenoxy) is 1. The van der Waals surface area contributed by atoms with E-state index >= 15 is 0 Å². The Hall–Kier alpha value is -0.900. The van der Waals surface area contributed by atoms with E-state index in [-0.39, 0.29) is 0 Å². The molecule has 0 aromatic heterocycles. The van der Waals surface area contributed by atoms with E-state index in [1.807, 2.05) is 0 Å². The van der Waals surface area contributed by atoms with E-state index in [1.165, 1.54) is 63.6 Å². The molecule has 1 aliphatic carbocycles. The summed E-state index contributed by atoms with van der Waals surface area (Å²) in [6.07, 6.45) is 9.54. The Morgan fingerprint density at radius 3 is 2.00 bits per heavy atom. The lowest BCUT2D eigenvalue weighted by Gasteiger charge is -2.55. The molecule has 3 nitrogen and oxygen atoms in total. The molecule has 0 N–H and O–H groups in total. The molecule has 0 unspecified atom stereocenters. The van der Waals surface area contributed by atoms with Crippen molar-refractivity contribution in [2.24, 2.45) is 5.41 Å². The maximum absolute atomic E-state index is 5.69. The third-order valence-electron chi connectivity index (χ3n) is 8.07. The van der Waals surface area contributed by atoms with E-state index < -0.39 is 0 Å². The SMILES string of the molecule is CC(C)(C)N1CCC2(CC1)CCC(Cc1ccccc1)(N1CCOCC1)CC2. The highest BCUT2D eigenvalue weighted by Crippen LogP contribution is 2.50. The Morgan fingerprint density at radius 1 is 0.821 bits per heavy atom. The molecule has 2 saturated heterocycles. The van der Waals surface area contributed by atoms with Gasteiger partial charge in [0.25, 0.3) is 0 Å². The molecule has 3 heteroatoms. The van der Waals surface area contributed by atoms with Crippen LogP contribution in [0.25, 0.3) is 0 Å². The summed E-state index contributed by atoms with van der Waals surface area (Å²) in [6, 6.07) is 11.2. The van der Waals surface area contributed by atoms with Gasteiger partial charge in [0.05, 0.1) is 13.2 Å². The first-order valence-corrected chi connectivity index (χ1v) is 11.5. The van der Waals surface area contributed by atoms with E-state index in [2.05, 4.69) is 60.9 Å². The lowest BCUT2D eigenvalue weighted by Crippen LogP contribution is -2.58. The van der Waals surface area contributed by atoms with Crippen LogP contribution in [0.15, 0.2) is 30.3 Å². The third-order valence-corrected chi connectivity index (χ3v) is 8.07. The van der Waals surface area contributed by atoms with Crippen molar-refractivity contribution in [3.05, 3.63) is 35.9 Å². The fraction of sp³-hybridized carbons (Fsp3) is 0.760. The Balaban J connectivity index is 1.46. The zero-order valence-electron chi connectivity index (χ0n) is 18.4. The van der Waals surface area contributed by atoms with Crippen LogP contribution in [0.5, 0.6) is 0 Å². The first-order valence-electron chi connectivity index (χ1n) is 11.5. The van der Waals surface area contributed by atoms with Crippen LogP contribution in [0.4, 0.5) is 0 Å². The highest BCUT2D eigenvalue weighted by Gasteiger charge is 2.47. The van der Waals surface area contributed by atoms with E-state index in [0.717, 1.165) is 26.3 Å². The monoisotopic (exact) mass is 384 g/mol. The predicted molar refractivity (Wildman–Crippen MR) is 117 cm³/mol. The van der Waals surface area contributed by atoms with Crippen LogP contribution >= 0.6 is 0 Å². The Kier molecular flexibility index (Phi) is 5.88. The van der Waals surface area contributed by atoms with E-state index in [1.54, 1.807) is 0 Å². The fourth-order valence-electron chi connectivity index (χ4n) is 6.02. The second-order valence-corrected chi connectivity index (χ2v) is 10.6. The standard InChI is InChI=1S/C25H40N2O/c1-23(2,3)26-15-13-24(14-16-26)9-11-25(12-10-24,27-17-19-28-20-18-27)21-22-7-5-4-6-8-22/h4-8H,9-21H2,1-3H3. The summed E-state index contributed by atoms with van der Waals surface area (Å²) in [5.41, 5.74) is 2.78. The number of morpholine rings is 1. The Labute approximate surface area is 172 Å². The first kappa shape index (κ1) is 20.4. The number of benzene rings is 1. The summed E-state index contributed by atoms with van der Waals surface area (Å²) in [4.78, 5) is 5.49. The van der Waals surface area contributed by atoms with Crippen LogP contribution < -0.4 is 0 Å². The van der Waals surface area contributed by atoms with Crippen molar-refractivity contribution in [3.8, 4) is 0 Å². The zero-order valence-corrected chi connectivity index (χ0v) is 18.4. The van der Waals surface area contributed by atoms with Gasteiger partial charge in [-0.15, -0.1) is 0 Å². The minimum Gasteiger partial charge on any atom is -0.379 e. The number of piperidine rings is 1. The van der Waals surface area contributed by atoms with E-state index in [4.69, 9.17) is 4.74 Å². The molecular weight excluding hydrogens is 344 g/mol. The van der Waals surface area contributed by atoms with Crippen LogP contribution in [0.3, 0.4) is 0 Å². The minimum absolute atomic E-state index is 0.321. The highest BCUT2D eigenvalue weighted by atomic mass is 16.5. The van der Waals surface area contributed by atoms with Crippen molar-refractivity contribution in [3.63, 3.8) is 0 Å². The summed E-state index contributed by atoms with van der Waals surface area (Å²) in [7, 11) is 0. The minimum atomic E-state index is 0.321. The average Bonchev–Trinajstić information content (AvgIpc) is 2.71. The van der Waals surface area contributed by atoms with Crippen molar-refractivity contribution < 1.29 is 4.74 Å². The molecule has 0 bridgehead atoms. The molecule has 2 heterocycles. The van der Waals surface area contributed by atoms with Gasteiger partial charge in [0, 0.05) is 24.2 Å². The van der Waals surface area contributed by atoms with Crippen molar-refractivity contribution >= 4 is 0 Å². The number of hydrogen-bond donors (Lipinski definition) is 0. The van der Waals surface area contributed by atoms with Gasteiger partial charge >= 0.3 is 0 Å². The highest BCUT2D eigenvalue weighted by molar-refractivity contribution is 5.19. The normalized spacial score (nSPS) is 26.4. The third kappa shape index (κ3) is 4.32. The number of hydrogen-bond acceptors (Lipinski definition) is 3. The predicted octanol–water partition coefficient (Wildman–Crippen LogP) is 4.75. The second kappa shape index (κ2) is 8.08. The summed E-state index contributed by atoms with van der Waals surface area (Å²) in [5, 5.41) is 0. The molecule has 3 fully saturated rings. The maximum atomic E-state index is 5.69. The van der Waals surface area contributed by atoms with Gasteiger partial charge in [0.2, 0.25) is 0 Å². The van der Waals surface area contributed by atoms with Crippen molar-refractivity contribution in [1.29, 1.82) is 0 Å². The molecule has 156 valence electrons. The maximum Gasteiger partial charge on any atom is 0.0594 e. The van der Waals surface area contributed by atoms with E-state index in [9.17, 15) is 0 Å². The summed E-state index contributed by atoms with van der Waals surface area (Å²) < 4.78 is 5.69. The molecule has 1 aromatic rings. The van der Waals surface area contributed by atoms with Gasteiger partial charge in [-0.2, -0.15) is 0 Å². The molecular formula is C25H40N2O. The van der Waals surface area contributed by atoms with Gasteiger partial charge in [-0.1, -0.05) is 30.3 Å². The van der Waals surface area contributed by atoms with Crippen LogP contribution in [-0.4, -0.2) is 60.3 Å². The van der Waals surface area contributed by atoms with Gasteiger partial charge in [0.1, 0.15) is 0 Å². The van der Waals surface area contributed by atoms with Gasteiger partial charge in [-0.3, -0.25) is 9.80 Å². The molecule has 28 heavy (non-hydrogen) atoms. The molecule has 3 aliphatic rings. The lowest BCUT2D eigenvalue weighted by molar-refractivity contribution is -0.0676. The van der Waals surface area contributed by atoms with Crippen molar-refractivity contribution in [1.82, 2.24) is 9.80 Å². The molecule has 1 spiro atoms. The molecule has 2 aliphatic heterocycles. The Morgan fingerprint density at radius 2 is 1.43 bits per heavy atom. The van der Waals surface area contributed by atoms with Crippen LogP contribution in [0, 0.1) is 5.41 Å². The topological polar surface area (TPSA) is 15.7 Å². The van der Waals surface area contributed by atoms with Crippen LogP contribution in [-0.2, 0) is 11.2 Å². The molecule has 1 aromatic carbocycles. The summed E-state index contributed by atoms with van der Waals surface area (Å²) >= 11 is 0. The van der Waals surface area contributed by atoms with Gasteiger partial charge in [-0.25, -0.2) is 0 Å². The van der Waals surface area contributed by atoms with E-state index in [0.29, 0.717) is 16.5 Å². The smallest absolute Gasteiger partial charge is 0.0594 e. The van der Waals surface area contributed by atoms with Gasteiger partial charge in [-0.05, 0) is 89.8 Å². The van der Waals surface area contributed by atoms with Gasteiger partial charge in [0.15, 0.2) is 0 Å². The molecule has 0 amide bonds. The van der Waals surface area contributed by atoms with Crippen molar-refractivity contribution in [2.75, 3.05) is 39.4 Å². The largest absolute Gasteiger partial charge is 0.379 e. The number of nitrogens with zero attached hydrogens (tertiary/aromatic N) is 2. The molecule has 4 rings (SSSR count). The summed E-state index contributed by atoms with van der Waals surface area (Å²) in [6.45, 7) is 13.7. The summed E-state index contributed by atoms with van der Waals surface area (Å²) in [5.74, 6) is 0. The second-order valence-electron chi connectivity index (χ2n) is 10.6. The molecule has 1 saturated carbocycles. The number of likely N-dealkylation sites (tertiary alicyclic amines) is 1. The quantitative estimate of drug-likeness (QED) is 0.748. The first-order chi connectivity index (χ1) is 13.4. The zero-order chi connectivity index (χ0) is 19.7. The lowest BCUT2D eigenvalue weighted by atomic mass is 9.61. The fourth-order valence-corrected chi connectivity index (χ4v) is 6.02. The molecule has 0 radical (unpaired) electrons. The Bertz CT molecular complexity index is 612. The molecule has 0 atom stereocenters. The van der Waals surface area contributed by atoms with Crippen molar-refractivity contribution in [2.45, 2.75) is 76.8 Å². The van der Waals surface area contributed by atoms with Gasteiger partial charge < -0.3 is 4.74 Å².